The molecule has 0 radical (unpaired) electrons. The molecule has 0 aliphatic rings. The summed E-state index contributed by atoms with van der Waals surface area (Å²) in [6.07, 6.45) is 3.64. The van der Waals surface area contributed by atoms with Crippen LogP contribution in [0, 0.1) is 5.82 Å². The number of hydrogen-bond donors (Lipinski definition) is 1. The van der Waals surface area contributed by atoms with Crippen LogP contribution in [0.4, 0.5) is 10.1 Å². The van der Waals surface area contributed by atoms with Gasteiger partial charge >= 0.3 is 0 Å². The average Bonchev–Trinajstić information content (AvgIpc) is 2.93. The summed E-state index contributed by atoms with van der Waals surface area (Å²) in [7, 11) is 1.48. The zero-order valence-corrected chi connectivity index (χ0v) is 23.9. The number of ether oxygens (including phenoxy) is 2. The highest BCUT2D eigenvalue weighted by Gasteiger charge is 2.17. The third-order valence-electron chi connectivity index (χ3n) is 5.91. The van der Waals surface area contributed by atoms with E-state index >= 15 is 0 Å². The Labute approximate surface area is 239 Å². The first kappa shape index (κ1) is 28.7. The van der Waals surface area contributed by atoms with Crippen LogP contribution in [0.1, 0.15) is 36.7 Å². The first-order valence-corrected chi connectivity index (χ1v) is 13.3. The van der Waals surface area contributed by atoms with Crippen LogP contribution in [0.2, 0.25) is 0 Å². The summed E-state index contributed by atoms with van der Waals surface area (Å²) in [6, 6.07) is 14.7. The number of allylic oxidation sites excluding steroid dienone is 1. The lowest BCUT2D eigenvalue weighted by Gasteiger charge is -2.16. The molecule has 4 aromatic rings. The van der Waals surface area contributed by atoms with Crippen molar-refractivity contribution in [2.24, 2.45) is 5.10 Å². The van der Waals surface area contributed by atoms with E-state index in [1.54, 1.807) is 36.6 Å². The van der Waals surface area contributed by atoms with Crippen LogP contribution >= 0.6 is 15.9 Å². The van der Waals surface area contributed by atoms with Gasteiger partial charge in [0.15, 0.2) is 18.1 Å². The Morgan fingerprint density at radius 3 is 2.70 bits per heavy atom. The summed E-state index contributed by atoms with van der Waals surface area (Å²) >= 11 is 3.41. The SMILES string of the molecule is C=CCc1cc(C=Nn2c(C(C)C)nc3ccc(Br)cc3c2=O)cc(OC)c1OCC(=O)Nc1ccccc1F. The molecule has 0 saturated carbocycles. The van der Waals surface area contributed by atoms with Crippen LogP contribution in [0.5, 0.6) is 11.5 Å². The molecule has 0 saturated heterocycles. The minimum absolute atomic E-state index is 0.0601. The number of nitrogens with one attached hydrogen (secondary N) is 1. The molecule has 0 bridgehead atoms. The van der Waals surface area contributed by atoms with Gasteiger partial charge in [-0.2, -0.15) is 9.78 Å². The van der Waals surface area contributed by atoms with Crippen molar-refractivity contribution in [1.29, 1.82) is 0 Å². The molecule has 0 aliphatic heterocycles. The molecule has 3 aromatic carbocycles. The summed E-state index contributed by atoms with van der Waals surface area (Å²) in [5, 5.41) is 7.43. The molecular weight excluding hydrogens is 579 g/mol. The van der Waals surface area contributed by atoms with Gasteiger partial charge in [0.1, 0.15) is 11.6 Å². The molecule has 1 amide bonds. The maximum Gasteiger partial charge on any atom is 0.282 e. The second-order valence-corrected chi connectivity index (χ2v) is 10.1. The van der Waals surface area contributed by atoms with Gasteiger partial charge in [0.2, 0.25) is 0 Å². The smallest absolute Gasteiger partial charge is 0.282 e. The summed E-state index contributed by atoms with van der Waals surface area (Å²) in [4.78, 5) is 30.5. The lowest BCUT2D eigenvalue weighted by atomic mass is 10.1. The van der Waals surface area contributed by atoms with Crippen molar-refractivity contribution >= 4 is 44.6 Å². The highest BCUT2D eigenvalue weighted by molar-refractivity contribution is 9.10. The zero-order chi connectivity index (χ0) is 28.8. The first-order chi connectivity index (χ1) is 19.2. The summed E-state index contributed by atoms with van der Waals surface area (Å²) in [5.74, 6) is 0.0963. The van der Waals surface area contributed by atoms with Crippen LogP contribution in [0.15, 0.2) is 81.6 Å². The van der Waals surface area contributed by atoms with Crippen molar-refractivity contribution in [1.82, 2.24) is 9.66 Å². The van der Waals surface area contributed by atoms with E-state index in [2.05, 4.69) is 37.9 Å². The number of carbonyl (C=O) groups is 1. The average molecular weight is 607 g/mol. The Balaban J connectivity index is 1.66. The molecule has 206 valence electrons. The van der Waals surface area contributed by atoms with Gasteiger partial charge in [-0.15, -0.1) is 6.58 Å². The fraction of sp³-hybridized carbons (Fsp3) is 0.200. The van der Waals surface area contributed by atoms with E-state index < -0.39 is 11.7 Å². The minimum Gasteiger partial charge on any atom is -0.493 e. The molecule has 0 spiro atoms. The third-order valence-corrected chi connectivity index (χ3v) is 6.40. The topological polar surface area (TPSA) is 94.8 Å². The molecule has 4 rings (SSSR count). The van der Waals surface area contributed by atoms with E-state index in [4.69, 9.17) is 9.47 Å². The maximum absolute atomic E-state index is 13.9. The zero-order valence-electron chi connectivity index (χ0n) is 22.3. The Hall–Kier alpha value is -4.31. The van der Waals surface area contributed by atoms with Crippen LogP contribution in [0.3, 0.4) is 0 Å². The number of fused-ring (bicyclic) bond motifs is 1. The molecule has 0 unspecified atom stereocenters. The number of anilines is 1. The number of halogens is 2. The van der Waals surface area contributed by atoms with Crippen molar-refractivity contribution < 1.29 is 18.7 Å². The second kappa shape index (κ2) is 12.7. The fourth-order valence-corrected chi connectivity index (χ4v) is 4.40. The van der Waals surface area contributed by atoms with Crippen LogP contribution < -0.4 is 20.3 Å². The quantitative estimate of drug-likeness (QED) is 0.175. The molecule has 0 atom stereocenters. The maximum atomic E-state index is 13.9. The molecule has 1 heterocycles. The second-order valence-electron chi connectivity index (χ2n) is 9.17. The molecule has 1 aromatic heterocycles. The Bertz CT molecular complexity index is 1670. The Morgan fingerprint density at radius 1 is 1.23 bits per heavy atom. The normalized spacial score (nSPS) is 11.2. The van der Waals surface area contributed by atoms with Gasteiger partial charge in [-0.1, -0.05) is 48.0 Å². The summed E-state index contributed by atoms with van der Waals surface area (Å²) in [5.41, 5.74) is 1.69. The standard InChI is InChI=1S/C30H28BrFN4O4/c1-5-8-20-13-19(14-26(39-4)28(20)40-17-27(37)34-25-10-7-6-9-23(25)32)16-33-36-29(18(2)3)35-24-12-11-21(31)15-22(24)30(36)38/h5-7,9-16,18H,1,8,17H2,2-4H3,(H,34,37). The number of rotatable bonds is 10. The molecule has 8 nitrogen and oxygen atoms in total. The molecule has 0 fully saturated rings. The summed E-state index contributed by atoms with van der Waals surface area (Å²) < 4.78 is 27.3. The van der Waals surface area contributed by atoms with Gasteiger partial charge in [-0.3, -0.25) is 9.59 Å². The van der Waals surface area contributed by atoms with Crippen LogP contribution in [-0.4, -0.2) is 35.5 Å². The number of carbonyl (C=O) groups excluding carboxylic acids is 1. The van der Waals surface area contributed by atoms with Gasteiger partial charge in [-0.05, 0) is 54.4 Å². The van der Waals surface area contributed by atoms with E-state index in [1.807, 2.05) is 26.0 Å². The van der Waals surface area contributed by atoms with Gasteiger partial charge < -0.3 is 14.8 Å². The number of nitrogens with zero attached hydrogens (tertiary/aromatic N) is 3. The minimum atomic E-state index is -0.543. The summed E-state index contributed by atoms with van der Waals surface area (Å²) in [6.45, 7) is 7.32. The number of methoxy groups -OCH3 is 1. The number of benzene rings is 3. The van der Waals surface area contributed by atoms with Crippen LogP contribution in [0.25, 0.3) is 10.9 Å². The molecular formula is C30H28BrFN4O4. The van der Waals surface area contributed by atoms with E-state index in [0.717, 1.165) is 4.47 Å². The number of para-hydroxylation sites is 1. The predicted molar refractivity (Wildman–Crippen MR) is 158 cm³/mol. The van der Waals surface area contributed by atoms with Crippen molar-refractivity contribution in [3.05, 3.63) is 105 Å². The van der Waals surface area contributed by atoms with Gasteiger partial charge in [0.05, 0.1) is 29.9 Å². The van der Waals surface area contributed by atoms with Crippen molar-refractivity contribution in [3.8, 4) is 11.5 Å². The lowest BCUT2D eigenvalue weighted by molar-refractivity contribution is -0.118. The van der Waals surface area contributed by atoms with E-state index in [1.165, 1.54) is 30.0 Å². The Kier molecular flexibility index (Phi) is 9.11. The van der Waals surface area contributed by atoms with Crippen molar-refractivity contribution in [3.63, 3.8) is 0 Å². The van der Waals surface area contributed by atoms with E-state index in [0.29, 0.717) is 45.8 Å². The highest BCUT2D eigenvalue weighted by Crippen LogP contribution is 2.33. The van der Waals surface area contributed by atoms with Gasteiger partial charge in [0, 0.05) is 16.0 Å². The predicted octanol–water partition coefficient (Wildman–Crippen LogP) is 6.06. The lowest BCUT2D eigenvalue weighted by Crippen LogP contribution is -2.23. The monoisotopic (exact) mass is 606 g/mol. The number of aromatic nitrogens is 2. The fourth-order valence-electron chi connectivity index (χ4n) is 4.04. The molecule has 0 aliphatic carbocycles. The van der Waals surface area contributed by atoms with Gasteiger partial charge in [-0.25, -0.2) is 9.37 Å². The third kappa shape index (κ3) is 6.45. The number of amides is 1. The Morgan fingerprint density at radius 2 is 2.00 bits per heavy atom. The van der Waals surface area contributed by atoms with Crippen LogP contribution in [-0.2, 0) is 11.2 Å². The van der Waals surface area contributed by atoms with Crippen molar-refractivity contribution in [2.45, 2.75) is 26.2 Å². The van der Waals surface area contributed by atoms with Crippen molar-refractivity contribution in [2.75, 3.05) is 19.0 Å². The van der Waals surface area contributed by atoms with E-state index in [9.17, 15) is 14.0 Å². The van der Waals surface area contributed by atoms with E-state index in [-0.39, 0.29) is 23.8 Å². The first-order valence-electron chi connectivity index (χ1n) is 12.5. The number of hydrogen-bond acceptors (Lipinski definition) is 6. The highest BCUT2D eigenvalue weighted by atomic mass is 79.9. The largest absolute Gasteiger partial charge is 0.493 e. The molecule has 1 N–H and O–H groups in total. The molecule has 10 heteroatoms. The van der Waals surface area contributed by atoms with Gasteiger partial charge in [0.25, 0.3) is 11.5 Å². The molecule has 40 heavy (non-hydrogen) atoms.